The number of halogens is 1. The van der Waals surface area contributed by atoms with Crippen molar-refractivity contribution in [2.75, 3.05) is 5.88 Å². The van der Waals surface area contributed by atoms with Crippen molar-refractivity contribution in [2.45, 2.75) is 71.0 Å². The fraction of sp³-hybridized carbons (Fsp3) is 0.462. The van der Waals surface area contributed by atoms with Crippen LogP contribution in [0.3, 0.4) is 0 Å². The molecular weight excluding hydrogens is 408 g/mol. The molecule has 1 unspecified atom stereocenters. The third-order valence-corrected chi connectivity index (χ3v) is 6.29. The topological polar surface area (TPSA) is 49.4 Å². The van der Waals surface area contributed by atoms with Gasteiger partial charge in [-0.15, -0.1) is 11.6 Å². The van der Waals surface area contributed by atoms with Crippen molar-refractivity contribution in [3.8, 4) is 0 Å². The zero-order chi connectivity index (χ0) is 22.2. The third kappa shape index (κ3) is 6.57. The highest BCUT2D eigenvalue weighted by molar-refractivity contribution is 6.27. The van der Waals surface area contributed by atoms with Crippen LogP contribution in [0.4, 0.5) is 0 Å². The molecule has 0 bridgehead atoms. The van der Waals surface area contributed by atoms with Crippen LogP contribution >= 0.6 is 11.6 Å². The highest BCUT2D eigenvalue weighted by atomic mass is 35.5. The molecule has 2 aromatic rings. The van der Waals surface area contributed by atoms with Crippen LogP contribution in [0.1, 0.15) is 66.8 Å². The van der Waals surface area contributed by atoms with Gasteiger partial charge in [-0.2, -0.15) is 0 Å². The molecule has 2 aromatic carbocycles. The Labute approximate surface area is 191 Å². The number of amides is 2. The minimum Gasteiger partial charge on any atom is -0.351 e. The molecule has 0 saturated heterocycles. The zero-order valence-corrected chi connectivity index (χ0v) is 19.3. The van der Waals surface area contributed by atoms with Gasteiger partial charge in [0.2, 0.25) is 11.8 Å². The van der Waals surface area contributed by atoms with Gasteiger partial charge in [0.1, 0.15) is 11.9 Å². The van der Waals surface area contributed by atoms with Gasteiger partial charge in [-0.25, -0.2) is 0 Å². The minimum absolute atomic E-state index is 0.124. The van der Waals surface area contributed by atoms with Gasteiger partial charge in [0.15, 0.2) is 0 Å². The lowest BCUT2D eigenvalue weighted by Gasteiger charge is -2.32. The van der Waals surface area contributed by atoms with E-state index in [2.05, 4.69) is 5.32 Å². The normalized spacial score (nSPS) is 15.7. The number of benzene rings is 2. The number of rotatable bonds is 7. The van der Waals surface area contributed by atoms with Crippen LogP contribution < -0.4 is 5.32 Å². The Morgan fingerprint density at radius 2 is 1.48 bits per heavy atom. The highest BCUT2D eigenvalue weighted by Gasteiger charge is 2.32. The van der Waals surface area contributed by atoms with Crippen molar-refractivity contribution < 1.29 is 9.59 Å². The predicted octanol–water partition coefficient (Wildman–Crippen LogP) is 5.45. The average Bonchev–Trinajstić information content (AvgIpc) is 3.04. The van der Waals surface area contributed by atoms with Gasteiger partial charge in [0.05, 0.1) is 0 Å². The van der Waals surface area contributed by atoms with E-state index in [0.29, 0.717) is 6.54 Å². The molecule has 4 nitrogen and oxygen atoms in total. The lowest BCUT2D eigenvalue weighted by Crippen LogP contribution is -2.46. The summed E-state index contributed by atoms with van der Waals surface area (Å²) in [6, 6.07) is 15.3. The molecule has 0 heterocycles. The summed E-state index contributed by atoms with van der Waals surface area (Å²) in [5, 5.41) is 3.25. The van der Waals surface area contributed by atoms with Gasteiger partial charge in [-0.1, -0.05) is 85.3 Å². The number of carbonyl (C=O) groups is 2. The van der Waals surface area contributed by atoms with E-state index in [9.17, 15) is 9.59 Å². The number of nitrogens with zero attached hydrogens (tertiary/aromatic N) is 1. The molecule has 2 amide bonds. The number of hydrogen-bond donors (Lipinski definition) is 1. The van der Waals surface area contributed by atoms with Crippen LogP contribution in [-0.2, 0) is 16.1 Å². The van der Waals surface area contributed by atoms with Gasteiger partial charge in [-0.3, -0.25) is 9.59 Å². The Morgan fingerprint density at radius 3 is 2.03 bits per heavy atom. The van der Waals surface area contributed by atoms with Gasteiger partial charge in [0, 0.05) is 12.6 Å². The SMILES string of the molecule is Cc1ccc(CN(C(=O)CCl)C(C(=O)NC2CCCCCC2)c2ccc(C)cc2)cc1. The Morgan fingerprint density at radius 1 is 0.935 bits per heavy atom. The summed E-state index contributed by atoms with van der Waals surface area (Å²) in [5.74, 6) is -0.532. The van der Waals surface area contributed by atoms with Crippen molar-refractivity contribution in [1.29, 1.82) is 0 Å². The van der Waals surface area contributed by atoms with E-state index in [-0.39, 0.29) is 23.7 Å². The van der Waals surface area contributed by atoms with E-state index < -0.39 is 6.04 Å². The first-order valence-corrected chi connectivity index (χ1v) is 11.8. The molecule has 1 atom stereocenters. The monoisotopic (exact) mass is 440 g/mol. The highest BCUT2D eigenvalue weighted by Crippen LogP contribution is 2.26. The van der Waals surface area contributed by atoms with E-state index in [1.807, 2.05) is 62.4 Å². The maximum atomic E-state index is 13.6. The molecular formula is C26H33ClN2O2. The molecule has 1 N–H and O–H groups in total. The fourth-order valence-corrected chi connectivity index (χ4v) is 4.37. The fourth-order valence-electron chi connectivity index (χ4n) is 4.22. The van der Waals surface area contributed by atoms with Crippen molar-refractivity contribution >= 4 is 23.4 Å². The predicted molar refractivity (Wildman–Crippen MR) is 126 cm³/mol. The molecule has 1 fully saturated rings. The van der Waals surface area contributed by atoms with Gasteiger partial charge in [0.25, 0.3) is 0 Å². The maximum Gasteiger partial charge on any atom is 0.247 e. The standard InChI is InChI=1S/C26H33ClN2O2/c1-19-9-13-21(14-10-19)18-29(24(30)17-27)25(22-15-11-20(2)12-16-22)26(31)28-23-7-5-3-4-6-8-23/h9-16,23,25H,3-8,17-18H2,1-2H3,(H,28,31). The van der Waals surface area contributed by atoms with Crippen LogP contribution in [-0.4, -0.2) is 28.6 Å². The summed E-state index contributed by atoms with van der Waals surface area (Å²) in [5.41, 5.74) is 4.05. The largest absolute Gasteiger partial charge is 0.351 e. The molecule has 5 heteroatoms. The van der Waals surface area contributed by atoms with Crippen molar-refractivity contribution in [1.82, 2.24) is 10.2 Å². The number of nitrogens with one attached hydrogen (secondary N) is 1. The van der Waals surface area contributed by atoms with Crippen LogP contribution in [0.5, 0.6) is 0 Å². The summed E-state index contributed by atoms with van der Waals surface area (Å²) >= 11 is 5.99. The molecule has 0 radical (unpaired) electrons. The van der Waals surface area contributed by atoms with E-state index in [1.54, 1.807) is 4.90 Å². The van der Waals surface area contributed by atoms with Crippen molar-refractivity contribution in [3.63, 3.8) is 0 Å². The molecule has 3 rings (SSSR count). The third-order valence-electron chi connectivity index (χ3n) is 6.06. The second kappa shape index (κ2) is 11.3. The Kier molecular flexibility index (Phi) is 8.53. The van der Waals surface area contributed by atoms with E-state index in [0.717, 1.165) is 47.9 Å². The minimum atomic E-state index is -0.712. The molecule has 0 aliphatic heterocycles. The quantitative estimate of drug-likeness (QED) is 0.459. The second-order valence-corrected chi connectivity index (χ2v) is 8.92. The Hall–Kier alpha value is -2.33. The zero-order valence-electron chi connectivity index (χ0n) is 18.6. The first-order valence-electron chi connectivity index (χ1n) is 11.3. The average molecular weight is 441 g/mol. The van der Waals surface area contributed by atoms with Crippen molar-refractivity contribution in [2.24, 2.45) is 0 Å². The summed E-state index contributed by atoms with van der Waals surface area (Å²) in [7, 11) is 0. The molecule has 166 valence electrons. The lowest BCUT2D eigenvalue weighted by molar-refractivity contribution is -0.140. The molecule has 31 heavy (non-hydrogen) atoms. The summed E-state index contributed by atoms with van der Waals surface area (Å²) in [6.07, 6.45) is 6.69. The smallest absolute Gasteiger partial charge is 0.247 e. The van der Waals surface area contributed by atoms with Gasteiger partial charge in [-0.05, 0) is 37.8 Å². The molecule has 1 saturated carbocycles. The van der Waals surface area contributed by atoms with Gasteiger partial charge < -0.3 is 10.2 Å². The molecule has 0 spiro atoms. The molecule has 0 aromatic heterocycles. The number of carbonyl (C=O) groups excluding carboxylic acids is 2. The maximum absolute atomic E-state index is 13.6. The van der Waals surface area contributed by atoms with E-state index in [4.69, 9.17) is 11.6 Å². The first kappa shape index (κ1) is 23.3. The summed E-state index contributed by atoms with van der Waals surface area (Å²) in [6.45, 7) is 4.38. The molecule has 1 aliphatic carbocycles. The van der Waals surface area contributed by atoms with Crippen LogP contribution in [0.15, 0.2) is 48.5 Å². The summed E-state index contributed by atoms with van der Waals surface area (Å²) < 4.78 is 0. The lowest BCUT2D eigenvalue weighted by atomic mass is 10.00. The van der Waals surface area contributed by atoms with E-state index in [1.165, 1.54) is 12.8 Å². The number of alkyl halides is 1. The van der Waals surface area contributed by atoms with Crippen LogP contribution in [0.25, 0.3) is 0 Å². The van der Waals surface area contributed by atoms with Gasteiger partial charge >= 0.3 is 0 Å². The second-order valence-electron chi connectivity index (χ2n) is 8.65. The Bertz CT molecular complexity index is 856. The first-order chi connectivity index (χ1) is 15.0. The van der Waals surface area contributed by atoms with E-state index >= 15 is 0 Å². The van der Waals surface area contributed by atoms with Crippen LogP contribution in [0, 0.1) is 13.8 Å². The number of hydrogen-bond acceptors (Lipinski definition) is 2. The van der Waals surface area contributed by atoms with Crippen molar-refractivity contribution in [3.05, 3.63) is 70.8 Å². The van der Waals surface area contributed by atoms with Crippen LogP contribution in [0.2, 0.25) is 0 Å². The number of aryl methyl sites for hydroxylation is 2. The molecule has 1 aliphatic rings. The Balaban J connectivity index is 1.92. The summed E-state index contributed by atoms with van der Waals surface area (Å²) in [4.78, 5) is 28.1.